The molecule has 0 saturated carbocycles. The summed E-state index contributed by atoms with van der Waals surface area (Å²) in [6, 6.07) is 1.14. The highest BCUT2D eigenvalue weighted by molar-refractivity contribution is 6.47. The predicted octanol–water partition coefficient (Wildman–Crippen LogP) is 2.42. The molecule has 0 atom stereocenters. The van der Waals surface area contributed by atoms with Crippen LogP contribution in [0.25, 0.3) is 0 Å². The van der Waals surface area contributed by atoms with Gasteiger partial charge in [0.15, 0.2) is 17.2 Å². The van der Waals surface area contributed by atoms with Gasteiger partial charge in [0.1, 0.15) is 0 Å². The highest BCUT2D eigenvalue weighted by Gasteiger charge is 2.45. The van der Waals surface area contributed by atoms with E-state index in [1.54, 1.807) is 0 Å². The van der Waals surface area contributed by atoms with Crippen molar-refractivity contribution in [2.75, 3.05) is 14.1 Å². The first-order chi connectivity index (χ1) is 9.84. The quantitative estimate of drug-likeness (QED) is 0.368. The fourth-order valence-electron chi connectivity index (χ4n) is 1.27. The molecule has 0 bridgehead atoms. The Morgan fingerprint density at radius 2 is 1.50 bits per heavy atom. The van der Waals surface area contributed by atoms with Crippen molar-refractivity contribution in [3.05, 3.63) is 23.7 Å². The zero-order valence-corrected chi connectivity index (χ0v) is 11.0. The van der Waals surface area contributed by atoms with E-state index in [9.17, 15) is 35.9 Å². The molecule has 0 radical (unpaired) electrons. The molecule has 0 spiro atoms. The zero-order chi connectivity index (χ0) is 17.3. The molecule has 11 heteroatoms. The molecular formula is C11H8F6N2O3. The van der Waals surface area contributed by atoms with E-state index >= 15 is 0 Å². The van der Waals surface area contributed by atoms with Gasteiger partial charge < -0.3 is 9.43 Å². The fourth-order valence-corrected chi connectivity index (χ4v) is 1.27. The van der Waals surface area contributed by atoms with Crippen molar-refractivity contribution in [1.29, 1.82) is 0 Å². The molecule has 0 fully saturated rings. The first-order valence-electron chi connectivity index (χ1n) is 5.43. The molecule has 0 aliphatic heterocycles. The summed E-state index contributed by atoms with van der Waals surface area (Å²) in [5.41, 5.74) is -1.27. The summed E-state index contributed by atoms with van der Waals surface area (Å²) >= 11 is 0. The fraction of sp³-hybridized carbons (Fsp3) is 0.364. The van der Waals surface area contributed by atoms with E-state index in [1.807, 2.05) is 0 Å². The third-order valence-electron chi connectivity index (χ3n) is 2.09. The summed E-state index contributed by atoms with van der Waals surface area (Å²) in [4.78, 5) is 22.1. The summed E-state index contributed by atoms with van der Waals surface area (Å²) in [7, 11) is 2.38. The van der Waals surface area contributed by atoms with Gasteiger partial charge in [-0.25, -0.2) is 0 Å². The highest BCUT2D eigenvalue weighted by atomic mass is 19.4. The minimum absolute atomic E-state index is 0.514. The van der Waals surface area contributed by atoms with Crippen LogP contribution in [0.3, 0.4) is 0 Å². The van der Waals surface area contributed by atoms with Crippen molar-refractivity contribution in [3.8, 4) is 0 Å². The molecule has 122 valence electrons. The lowest BCUT2D eigenvalue weighted by Crippen LogP contribution is -2.32. The molecule has 0 amide bonds. The number of ketones is 2. The number of furan rings is 1. The first kappa shape index (κ1) is 17.7. The van der Waals surface area contributed by atoms with Gasteiger partial charge in [-0.2, -0.15) is 31.4 Å². The Kier molecular flexibility index (Phi) is 4.68. The lowest BCUT2D eigenvalue weighted by Gasteiger charge is -2.10. The van der Waals surface area contributed by atoms with Crippen LogP contribution in [0, 0.1) is 0 Å². The molecule has 0 saturated heterocycles. The van der Waals surface area contributed by atoms with E-state index in [-0.39, 0.29) is 0 Å². The van der Waals surface area contributed by atoms with Crippen LogP contribution in [0.15, 0.2) is 21.7 Å². The number of carbonyl (C=O) groups excluding carboxylic acids is 2. The maximum atomic E-state index is 12.5. The van der Waals surface area contributed by atoms with E-state index in [2.05, 4.69) is 9.52 Å². The average Bonchev–Trinajstić information content (AvgIpc) is 2.80. The summed E-state index contributed by atoms with van der Waals surface area (Å²) < 4.78 is 78.4. The van der Waals surface area contributed by atoms with Crippen LogP contribution in [0.1, 0.15) is 16.3 Å². The molecule has 1 aromatic rings. The van der Waals surface area contributed by atoms with Gasteiger partial charge in [-0.05, 0) is 12.1 Å². The molecule has 1 rings (SSSR count). The third kappa shape index (κ3) is 4.09. The predicted molar refractivity (Wildman–Crippen MR) is 60.4 cm³/mol. The van der Waals surface area contributed by atoms with Crippen molar-refractivity contribution in [3.63, 3.8) is 0 Å². The molecule has 22 heavy (non-hydrogen) atoms. The average molecular weight is 330 g/mol. The van der Waals surface area contributed by atoms with Gasteiger partial charge in [0.25, 0.3) is 5.78 Å². The van der Waals surface area contributed by atoms with Gasteiger partial charge in [-0.15, -0.1) is 0 Å². The second kappa shape index (κ2) is 5.81. The van der Waals surface area contributed by atoms with E-state index in [4.69, 9.17) is 0 Å². The monoisotopic (exact) mass is 330 g/mol. The molecule has 0 aromatic carbocycles. The van der Waals surface area contributed by atoms with Crippen LogP contribution in [-0.4, -0.2) is 48.7 Å². The lowest BCUT2D eigenvalue weighted by molar-refractivity contribution is -0.163. The summed E-state index contributed by atoms with van der Waals surface area (Å²) in [6.07, 6.45) is -10.6. The Morgan fingerprint density at radius 1 is 1.00 bits per heavy atom. The van der Waals surface area contributed by atoms with Crippen molar-refractivity contribution in [1.82, 2.24) is 5.01 Å². The zero-order valence-electron chi connectivity index (χ0n) is 11.0. The lowest BCUT2D eigenvalue weighted by atomic mass is 10.2. The van der Waals surface area contributed by atoms with Crippen LogP contribution >= 0.6 is 0 Å². The Balaban J connectivity index is 3.28. The Labute approximate surface area is 119 Å². The number of hydrogen-bond acceptors (Lipinski definition) is 5. The van der Waals surface area contributed by atoms with Crippen molar-refractivity contribution >= 4 is 17.3 Å². The minimum Gasteiger partial charge on any atom is -0.451 e. The van der Waals surface area contributed by atoms with Crippen molar-refractivity contribution in [2.24, 2.45) is 5.10 Å². The maximum Gasteiger partial charge on any atom is 0.458 e. The van der Waals surface area contributed by atoms with Crippen molar-refractivity contribution < 1.29 is 40.3 Å². The normalized spacial score (nSPS) is 13.2. The number of alkyl halides is 6. The Bertz CT molecular complexity index is 612. The van der Waals surface area contributed by atoms with E-state index in [0.29, 0.717) is 12.1 Å². The minimum atomic E-state index is -5.31. The summed E-state index contributed by atoms with van der Waals surface area (Å²) in [6.45, 7) is 0. The van der Waals surface area contributed by atoms with Gasteiger partial charge in [0, 0.05) is 14.1 Å². The second-order valence-electron chi connectivity index (χ2n) is 4.11. The largest absolute Gasteiger partial charge is 0.458 e. The smallest absolute Gasteiger partial charge is 0.451 e. The third-order valence-corrected chi connectivity index (χ3v) is 2.09. The van der Waals surface area contributed by atoms with Crippen LogP contribution < -0.4 is 0 Å². The topological polar surface area (TPSA) is 62.9 Å². The number of hydrazone groups is 1. The molecule has 0 aliphatic rings. The molecule has 1 heterocycles. The molecular weight excluding hydrogens is 322 g/mol. The standard InChI is InChI=1S/C11H8F6N2O3/c1-19(2)18-7(9(21)11(15,16)17)5-3-4-6(22-5)8(20)10(12,13)14/h3-4H,1-2H3/b18-7+. The number of nitrogens with zero attached hydrogens (tertiary/aromatic N) is 2. The number of carbonyl (C=O) groups is 2. The molecule has 0 unspecified atom stereocenters. The van der Waals surface area contributed by atoms with Crippen LogP contribution in [0.2, 0.25) is 0 Å². The molecule has 0 aliphatic carbocycles. The van der Waals surface area contributed by atoms with E-state index < -0.39 is 41.2 Å². The van der Waals surface area contributed by atoms with Gasteiger partial charge in [-0.1, -0.05) is 0 Å². The molecule has 5 nitrogen and oxygen atoms in total. The molecule has 0 N–H and O–H groups in total. The van der Waals surface area contributed by atoms with E-state index in [0.717, 1.165) is 5.01 Å². The van der Waals surface area contributed by atoms with Crippen LogP contribution in [0.4, 0.5) is 26.3 Å². The summed E-state index contributed by atoms with van der Waals surface area (Å²) in [5, 5.41) is 4.07. The number of halogens is 6. The maximum absolute atomic E-state index is 12.5. The van der Waals surface area contributed by atoms with E-state index in [1.165, 1.54) is 14.1 Å². The number of hydrogen-bond donors (Lipinski definition) is 0. The van der Waals surface area contributed by atoms with Gasteiger partial charge in [0.05, 0.1) is 0 Å². The van der Waals surface area contributed by atoms with Gasteiger partial charge >= 0.3 is 18.1 Å². The second-order valence-corrected chi connectivity index (χ2v) is 4.11. The number of rotatable bonds is 4. The SMILES string of the molecule is CN(C)/N=C(/C(=O)C(F)(F)F)c1ccc(C(=O)C(F)(F)F)o1. The van der Waals surface area contributed by atoms with Crippen LogP contribution in [0.5, 0.6) is 0 Å². The number of Topliss-reactive ketones (excluding diaryl/α,β-unsaturated/α-hetero) is 2. The van der Waals surface area contributed by atoms with Crippen LogP contribution in [-0.2, 0) is 4.79 Å². The van der Waals surface area contributed by atoms with Crippen molar-refractivity contribution in [2.45, 2.75) is 12.4 Å². The van der Waals surface area contributed by atoms with Gasteiger partial charge in [-0.3, -0.25) is 9.59 Å². The van der Waals surface area contributed by atoms with Gasteiger partial charge in [0.2, 0.25) is 0 Å². The molecule has 1 aromatic heterocycles. The Morgan fingerprint density at radius 3 is 1.91 bits per heavy atom. The Hall–Kier alpha value is -2.33. The highest BCUT2D eigenvalue weighted by Crippen LogP contribution is 2.25. The first-order valence-corrected chi connectivity index (χ1v) is 5.43. The summed E-state index contributed by atoms with van der Waals surface area (Å²) in [5.74, 6) is -6.95.